The Morgan fingerprint density at radius 3 is 2.17 bits per heavy atom. The number of benzene rings is 2. The Labute approximate surface area is 285 Å². The third kappa shape index (κ3) is 7.29. The van der Waals surface area contributed by atoms with E-state index < -0.39 is 18.2 Å². The molecule has 0 atom stereocenters. The lowest BCUT2D eigenvalue weighted by molar-refractivity contribution is -0.132. The van der Waals surface area contributed by atoms with Crippen molar-refractivity contribution in [2.24, 2.45) is 0 Å². The number of hydrogen-bond acceptors (Lipinski definition) is 4. The molecule has 0 saturated heterocycles. The Hall–Kier alpha value is -4.80. The molecule has 2 heterocycles. The van der Waals surface area contributed by atoms with Crippen LogP contribution in [0.25, 0.3) is 23.1 Å². The van der Waals surface area contributed by atoms with Crippen LogP contribution in [0.15, 0.2) is 90.8 Å². The predicted octanol–water partition coefficient (Wildman–Crippen LogP) is 4.49. The molecule has 0 spiro atoms. The summed E-state index contributed by atoms with van der Waals surface area (Å²) in [5.74, 6) is -0.963. The van der Waals surface area contributed by atoms with Crippen LogP contribution in [0.3, 0.4) is 0 Å². The molecule has 2 aliphatic carbocycles. The van der Waals surface area contributed by atoms with E-state index in [1.54, 1.807) is 14.1 Å². The molecule has 10 heteroatoms. The normalized spacial score (nSPS) is 13.5. The van der Waals surface area contributed by atoms with Gasteiger partial charge in [0.15, 0.2) is 0 Å². The van der Waals surface area contributed by atoms with Crippen LogP contribution in [0.2, 0.25) is 0 Å². The molecule has 0 saturated carbocycles. The van der Waals surface area contributed by atoms with Gasteiger partial charge in [-0.15, -0.1) is 0 Å². The second-order valence-corrected chi connectivity index (χ2v) is 12.7. The molecular weight excluding hydrogens is 625 g/mol. The highest BCUT2D eigenvalue weighted by Gasteiger charge is 2.21. The monoisotopic (exact) mass is 662 g/mol. The number of rotatable bonds is 8. The van der Waals surface area contributed by atoms with Gasteiger partial charge in [-0.3, -0.25) is 30.5 Å². The van der Waals surface area contributed by atoms with Crippen molar-refractivity contribution in [1.82, 2.24) is 30.0 Å². The first kappa shape index (κ1) is 32.2. The SMILES string of the molecule is CN(NC(=O)CC(=O)NN(C)C(=S)c1cn(CC2=CC=CCC2)c2ccccc12)C(=S)c1cn(Cc2ccccc2)c2c1=CCCC=2. The van der Waals surface area contributed by atoms with Crippen molar-refractivity contribution in [1.29, 1.82) is 0 Å². The number of allylic oxidation sites excluding steroid dienone is 4. The summed E-state index contributed by atoms with van der Waals surface area (Å²) < 4.78 is 4.40. The molecule has 47 heavy (non-hydrogen) atoms. The lowest BCUT2D eigenvalue weighted by Gasteiger charge is -2.22. The molecule has 2 amide bonds. The first-order valence-corrected chi connectivity index (χ1v) is 16.6. The summed E-state index contributed by atoms with van der Waals surface area (Å²) in [5.41, 5.74) is 10.9. The van der Waals surface area contributed by atoms with Crippen molar-refractivity contribution in [2.75, 3.05) is 14.1 Å². The number of fused-ring (bicyclic) bond motifs is 2. The second-order valence-electron chi connectivity index (χ2n) is 11.9. The Bertz CT molecular complexity index is 2040. The fraction of sp³-hybridized carbons (Fsp3) is 0.243. The number of carbonyl (C=O) groups excluding carboxylic acids is 2. The number of aromatic nitrogens is 2. The van der Waals surface area contributed by atoms with Crippen LogP contribution < -0.4 is 21.4 Å². The summed E-state index contributed by atoms with van der Waals surface area (Å²) in [7, 11) is 3.39. The summed E-state index contributed by atoms with van der Waals surface area (Å²) in [6.45, 7) is 1.49. The van der Waals surface area contributed by atoms with Gasteiger partial charge in [0.25, 0.3) is 0 Å². The quantitative estimate of drug-likeness (QED) is 0.165. The number of amides is 2. The van der Waals surface area contributed by atoms with E-state index in [0.717, 1.165) is 71.4 Å². The number of para-hydroxylation sites is 1. The lowest BCUT2D eigenvalue weighted by Crippen LogP contribution is -2.48. The first-order chi connectivity index (χ1) is 22.8. The Morgan fingerprint density at radius 1 is 0.787 bits per heavy atom. The van der Waals surface area contributed by atoms with Crippen molar-refractivity contribution in [3.8, 4) is 0 Å². The fourth-order valence-electron chi connectivity index (χ4n) is 6.17. The average Bonchev–Trinajstić information content (AvgIpc) is 3.63. The molecule has 6 rings (SSSR count). The minimum absolute atomic E-state index is 0.392. The zero-order chi connectivity index (χ0) is 32.9. The predicted molar refractivity (Wildman–Crippen MR) is 196 cm³/mol. The number of carbonyl (C=O) groups is 2. The molecule has 2 aliphatic rings. The zero-order valence-electron chi connectivity index (χ0n) is 26.6. The molecule has 2 aromatic heterocycles. The number of nitrogens with zero attached hydrogens (tertiary/aromatic N) is 4. The average molecular weight is 663 g/mol. The van der Waals surface area contributed by atoms with Crippen molar-refractivity contribution in [3.63, 3.8) is 0 Å². The maximum absolute atomic E-state index is 13.0. The second kappa shape index (κ2) is 14.3. The van der Waals surface area contributed by atoms with Gasteiger partial charge in [-0.25, -0.2) is 0 Å². The fourth-order valence-corrected chi connectivity index (χ4v) is 6.59. The van der Waals surface area contributed by atoms with Crippen molar-refractivity contribution < 1.29 is 9.59 Å². The van der Waals surface area contributed by atoms with Crippen LogP contribution in [-0.4, -0.2) is 55.0 Å². The Balaban J connectivity index is 1.08. The maximum Gasteiger partial charge on any atom is 0.248 e. The number of nitrogens with one attached hydrogen (secondary N) is 2. The van der Waals surface area contributed by atoms with Gasteiger partial charge in [0.05, 0.1) is 0 Å². The van der Waals surface area contributed by atoms with E-state index in [1.807, 2.05) is 48.8 Å². The van der Waals surface area contributed by atoms with E-state index in [0.29, 0.717) is 9.98 Å². The van der Waals surface area contributed by atoms with Gasteiger partial charge in [0.1, 0.15) is 16.4 Å². The van der Waals surface area contributed by atoms with Crippen LogP contribution in [0.1, 0.15) is 48.8 Å². The zero-order valence-corrected chi connectivity index (χ0v) is 28.2. The Kier molecular flexibility index (Phi) is 9.79. The van der Waals surface area contributed by atoms with Gasteiger partial charge in [0.2, 0.25) is 11.8 Å². The van der Waals surface area contributed by atoms with E-state index in [9.17, 15) is 9.59 Å². The van der Waals surface area contributed by atoms with Gasteiger partial charge in [-0.2, -0.15) is 0 Å². The molecule has 8 nitrogen and oxygen atoms in total. The van der Waals surface area contributed by atoms with Crippen LogP contribution >= 0.6 is 24.4 Å². The molecular formula is C37H38N6O2S2. The standard InChI is InChI=1S/C37H38N6O2S2/c1-40(36(46)30-24-42(22-26-13-5-3-6-14-26)32-19-11-9-17-28(30)32)38-34(44)21-35(45)39-41(2)37(47)31-25-43(23-27-15-7-4-8-16-27)33-20-12-10-18-29(31)33/h3-7,10,12-15,17-20,24-25H,8-9,11,16,21-23H2,1-2H3,(H,38,44)(H,39,45). The van der Waals surface area contributed by atoms with Crippen LogP contribution in [0, 0.1) is 0 Å². The summed E-state index contributed by atoms with van der Waals surface area (Å²) in [4.78, 5) is 26.9. The highest BCUT2D eigenvalue weighted by molar-refractivity contribution is 7.81. The highest BCUT2D eigenvalue weighted by atomic mass is 32.1. The molecule has 0 radical (unpaired) electrons. The summed E-state index contributed by atoms with van der Waals surface area (Å²) in [6.07, 6.45) is 18.5. The molecule has 2 N–H and O–H groups in total. The van der Waals surface area contributed by atoms with Crippen molar-refractivity contribution in [3.05, 3.63) is 118 Å². The first-order valence-electron chi connectivity index (χ1n) is 15.8. The topological polar surface area (TPSA) is 74.5 Å². The third-order valence-corrected chi connectivity index (χ3v) is 9.43. The maximum atomic E-state index is 13.0. The number of hydrogen-bond donors (Lipinski definition) is 2. The minimum atomic E-state index is -0.483. The van der Waals surface area contributed by atoms with E-state index >= 15 is 0 Å². The van der Waals surface area contributed by atoms with Gasteiger partial charge in [0, 0.05) is 72.2 Å². The van der Waals surface area contributed by atoms with E-state index in [-0.39, 0.29) is 0 Å². The number of hydrazine groups is 2. The number of thiocarbonyl (C=S) groups is 2. The van der Waals surface area contributed by atoms with Crippen LogP contribution in [0.4, 0.5) is 0 Å². The van der Waals surface area contributed by atoms with Gasteiger partial charge >= 0.3 is 0 Å². The largest absolute Gasteiger partial charge is 0.343 e. The molecule has 0 aliphatic heterocycles. The van der Waals surface area contributed by atoms with Gasteiger partial charge < -0.3 is 9.13 Å². The Morgan fingerprint density at radius 2 is 1.45 bits per heavy atom. The van der Waals surface area contributed by atoms with Crippen molar-refractivity contribution >= 4 is 69.3 Å². The highest BCUT2D eigenvalue weighted by Crippen LogP contribution is 2.25. The summed E-state index contributed by atoms with van der Waals surface area (Å²) in [6, 6.07) is 18.4. The molecule has 240 valence electrons. The summed E-state index contributed by atoms with van der Waals surface area (Å²) in [5, 5.41) is 6.22. The summed E-state index contributed by atoms with van der Waals surface area (Å²) >= 11 is 11.6. The van der Waals surface area contributed by atoms with E-state index in [1.165, 1.54) is 21.2 Å². The van der Waals surface area contributed by atoms with Crippen LogP contribution in [-0.2, 0) is 22.7 Å². The molecule has 0 unspecified atom stereocenters. The van der Waals surface area contributed by atoms with Gasteiger partial charge in [-0.05, 0) is 37.3 Å². The third-order valence-electron chi connectivity index (χ3n) is 8.45. The minimum Gasteiger partial charge on any atom is -0.343 e. The van der Waals surface area contributed by atoms with E-state index in [2.05, 4.69) is 68.6 Å². The molecule has 2 aromatic carbocycles. The smallest absolute Gasteiger partial charge is 0.248 e. The van der Waals surface area contributed by atoms with Crippen LogP contribution in [0.5, 0.6) is 0 Å². The van der Waals surface area contributed by atoms with E-state index in [4.69, 9.17) is 24.4 Å². The van der Waals surface area contributed by atoms with Crippen molar-refractivity contribution in [2.45, 2.75) is 45.2 Å². The van der Waals surface area contributed by atoms with Gasteiger partial charge in [-0.1, -0.05) is 109 Å². The lowest BCUT2D eigenvalue weighted by atomic mass is 10.1. The molecule has 4 aromatic rings. The molecule has 0 fully saturated rings. The molecule has 0 bridgehead atoms.